The minimum absolute atomic E-state index is 0.156. The van der Waals surface area contributed by atoms with E-state index in [4.69, 9.17) is 16.2 Å². The van der Waals surface area contributed by atoms with Crippen LogP contribution in [0.3, 0.4) is 0 Å². The molecule has 0 aromatic heterocycles. The second-order valence-electron chi connectivity index (χ2n) is 6.30. The number of hydrogen-bond donors (Lipinski definition) is 7. The van der Waals surface area contributed by atoms with Gasteiger partial charge >= 0.3 is 12.1 Å². The molecule has 1 aliphatic heterocycles. The molecule has 9 N–H and O–H groups in total. The lowest BCUT2D eigenvalue weighted by Crippen LogP contribution is -2.49. The number of nitrogens with one attached hydrogen (secondary N) is 5. The fraction of sp³-hybridized carbons (Fsp3) is 0.222. The number of carbonyl (C=O) groups is 4. The number of primary amides is 2. The highest BCUT2D eigenvalue weighted by Crippen LogP contribution is 2.38. The van der Waals surface area contributed by atoms with Gasteiger partial charge in [-0.15, -0.1) is 0 Å². The number of hydrazine groups is 2. The van der Waals surface area contributed by atoms with Crippen LogP contribution >= 0.6 is 0 Å². The molecule has 12 heteroatoms. The Morgan fingerprint density at radius 1 is 0.833 bits per heavy atom. The number of nitrogens with two attached hydrogens (primary N) is 2. The summed E-state index contributed by atoms with van der Waals surface area (Å²) >= 11 is 0. The van der Waals surface area contributed by atoms with Gasteiger partial charge < -0.3 is 21.5 Å². The highest BCUT2D eigenvalue weighted by Gasteiger charge is 2.36. The second-order valence-corrected chi connectivity index (χ2v) is 6.30. The molecule has 0 aliphatic carbocycles. The smallest absolute Gasteiger partial charge is 0.330 e. The maximum Gasteiger partial charge on any atom is 0.330 e. The predicted octanol–water partition coefficient (Wildman–Crippen LogP) is -0.671. The second kappa shape index (κ2) is 9.32. The quantitative estimate of drug-likeness (QED) is 0.318. The molecule has 1 aliphatic rings. The first-order chi connectivity index (χ1) is 14.1. The van der Waals surface area contributed by atoms with Crippen LogP contribution in [0.4, 0.5) is 9.59 Å². The Labute approximate surface area is 172 Å². The van der Waals surface area contributed by atoms with Crippen molar-refractivity contribution in [3.63, 3.8) is 0 Å². The molecule has 12 nitrogen and oxygen atoms in total. The summed E-state index contributed by atoms with van der Waals surface area (Å²) in [6.45, 7) is 3.30. The lowest BCUT2D eigenvalue weighted by Gasteiger charge is -2.31. The summed E-state index contributed by atoms with van der Waals surface area (Å²) in [6, 6.07) is 4.83. The van der Waals surface area contributed by atoms with Crippen LogP contribution in [-0.4, -0.2) is 31.0 Å². The molecule has 1 heterocycles. The number of carbonyl (C=O) groups excluding carboxylic acids is 4. The van der Waals surface area contributed by atoms with Crippen LogP contribution in [0.2, 0.25) is 0 Å². The van der Waals surface area contributed by atoms with E-state index in [9.17, 15) is 19.2 Å². The van der Waals surface area contributed by atoms with Crippen LogP contribution in [0, 0.1) is 0 Å². The zero-order chi connectivity index (χ0) is 22.4. The fourth-order valence-corrected chi connectivity index (χ4v) is 3.10. The molecule has 2 rings (SSSR count). The van der Waals surface area contributed by atoms with Gasteiger partial charge in [-0.1, -0.05) is 12.1 Å². The number of urea groups is 2. The summed E-state index contributed by atoms with van der Waals surface area (Å²) < 4.78 is 5.16. The van der Waals surface area contributed by atoms with E-state index >= 15 is 0 Å². The van der Waals surface area contributed by atoms with Crippen molar-refractivity contribution in [2.24, 2.45) is 11.5 Å². The number of dihydropyridines is 1. The van der Waals surface area contributed by atoms with Gasteiger partial charge in [-0.2, -0.15) is 0 Å². The van der Waals surface area contributed by atoms with Crippen LogP contribution in [0.25, 0.3) is 0 Å². The van der Waals surface area contributed by atoms with Gasteiger partial charge in [-0.25, -0.2) is 20.4 Å². The van der Waals surface area contributed by atoms with Crippen molar-refractivity contribution in [1.29, 1.82) is 0 Å². The molecular weight excluding hydrogens is 394 g/mol. The molecule has 1 aromatic carbocycles. The molecule has 0 saturated carbocycles. The Morgan fingerprint density at radius 2 is 1.27 bits per heavy atom. The number of benzene rings is 1. The van der Waals surface area contributed by atoms with Crippen LogP contribution in [0.15, 0.2) is 46.8 Å². The highest BCUT2D eigenvalue weighted by molar-refractivity contribution is 6.04. The van der Waals surface area contributed by atoms with Gasteiger partial charge in [-0.05, 0) is 31.5 Å². The van der Waals surface area contributed by atoms with Gasteiger partial charge in [0.25, 0.3) is 11.8 Å². The average Bonchev–Trinajstić information content (AvgIpc) is 2.69. The van der Waals surface area contributed by atoms with Crippen LogP contribution in [0.5, 0.6) is 5.75 Å². The largest absolute Gasteiger partial charge is 0.497 e. The van der Waals surface area contributed by atoms with Gasteiger partial charge in [-0.3, -0.25) is 20.4 Å². The van der Waals surface area contributed by atoms with Crippen molar-refractivity contribution < 1.29 is 23.9 Å². The first kappa shape index (κ1) is 22.1. The lowest BCUT2D eigenvalue weighted by molar-refractivity contribution is -0.119. The molecule has 0 radical (unpaired) electrons. The van der Waals surface area contributed by atoms with E-state index < -0.39 is 29.8 Å². The monoisotopic (exact) mass is 417 g/mol. The first-order valence-corrected chi connectivity index (χ1v) is 8.69. The number of allylic oxidation sites excluding steroid dienone is 2. The Balaban J connectivity index is 2.54. The number of rotatable bonds is 4. The molecule has 1 aromatic rings. The number of amides is 6. The van der Waals surface area contributed by atoms with Gasteiger partial charge in [0.05, 0.1) is 7.11 Å². The summed E-state index contributed by atoms with van der Waals surface area (Å²) in [5.74, 6) is -1.63. The van der Waals surface area contributed by atoms with Gasteiger partial charge in [0, 0.05) is 28.5 Å². The van der Waals surface area contributed by atoms with Crippen molar-refractivity contribution in [1.82, 2.24) is 27.0 Å². The van der Waals surface area contributed by atoms with Crippen LogP contribution < -0.4 is 43.2 Å². The third-order valence-corrected chi connectivity index (χ3v) is 4.30. The maximum absolute atomic E-state index is 12.8. The van der Waals surface area contributed by atoms with E-state index in [0.29, 0.717) is 22.7 Å². The lowest BCUT2D eigenvalue weighted by atomic mass is 9.79. The molecule has 30 heavy (non-hydrogen) atoms. The molecular formula is C18H23N7O5. The van der Waals surface area contributed by atoms with Crippen LogP contribution in [-0.2, 0) is 9.59 Å². The van der Waals surface area contributed by atoms with E-state index in [2.05, 4.69) is 16.2 Å². The third kappa shape index (κ3) is 4.98. The molecule has 160 valence electrons. The van der Waals surface area contributed by atoms with Crippen molar-refractivity contribution >= 4 is 23.9 Å². The third-order valence-electron chi connectivity index (χ3n) is 4.30. The molecule has 0 fully saturated rings. The topological polar surface area (TPSA) is 190 Å². The average molecular weight is 417 g/mol. The van der Waals surface area contributed by atoms with E-state index in [-0.39, 0.29) is 11.1 Å². The molecule has 6 amide bonds. The highest BCUT2D eigenvalue weighted by atomic mass is 16.5. The minimum Gasteiger partial charge on any atom is -0.497 e. The van der Waals surface area contributed by atoms with Crippen molar-refractivity contribution in [3.05, 3.63) is 52.4 Å². The zero-order valence-corrected chi connectivity index (χ0v) is 16.6. The number of hydrogen-bond acceptors (Lipinski definition) is 6. The summed E-state index contributed by atoms with van der Waals surface area (Å²) in [5.41, 5.74) is 20.3. The predicted molar refractivity (Wildman–Crippen MR) is 106 cm³/mol. The zero-order valence-electron chi connectivity index (χ0n) is 16.6. The summed E-state index contributed by atoms with van der Waals surface area (Å²) in [4.78, 5) is 47.6. The summed E-state index contributed by atoms with van der Waals surface area (Å²) in [5, 5.41) is 2.96. The standard InChI is InChI=1S/C18H23N7O5/c1-8-12(15(26)22-24-17(19)28)14(10-4-6-11(30-3)7-5-10)13(9(2)21-8)16(27)23-25-18(20)29/h4-7,14,21H,1-3H3,(H,22,26)(H,23,27)(H3,19,24,28)(H3,20,25,29). The van der Waals surface area contributed by atoms with E-state index in [0.717, 1.165) is 0 Å². The van der Waals surface area contributed by atoms with Crippen molar-refractivity contribution in [2.75, 3.05) is 7.11 Å². The molecule has 0 atom stereocenters. The van der Waals surface area contributed by atoms with Crippen LogP contribution in [0.1, 0.15) is 25.3 Å². The molecule has 0 spiro atoms. The summed E-state index contributed by atoms with van der Waals surface area (Å²) in [6.07, 6.45) is 0. The number of ether oxygens (including phenoxy) is 1. The Kier molecular flexibility index (Phi) is 6.86. The normalized spacial score (nSPS) is 13.8. The van der Waals surface area contributed by atoms with Crippen molar-refractivity contribution in [3.8, 4) is 5.75 Å². The SMILES string of the molecule is COc1ccc(C2C(C(=O)NNC(N)=O)=C(C)NC(C)=C2C(=O)NNC(N)=O)cc1. The molecule has 0 unspecified atom stereocenters. The Hall–Kier alpha value is -4.22. The Bertz CT molecular complexity index is 885. The first-order valence-electron chi connectivity index (χ1n) is 8.69. The van der Waals surface area contributed by atoms with Gasteiger partial charge in [0.2, 0.25) is 0 Å². The molecule has 0 bridgehead atoms. The minimum atomic E-state index is -0.957. The Morgan fingerprint density at radius 3 is 1.63 bits per heavy atom. The van der Waals surface area contributed by atoms with Gasteiger partial charge in [0.1, 0.15) is 5.75 Å². The van der Waals surface area contributed by atoms with Gasteiger partial charge in [0.15, 0.2) is 0 Å². The number of methoxy groups -OCH3 is 1. The van der Waals surface area contributed by atoms with E-state index in [1.54, 1.807) is 38.1 Å². The summed E-state index contributed by atoms with van der Waals surface area (Å²) in [7, 11) is 1.51. The van der Waals surface area contributed by atoms with Crippen molar-refractivity contribution in [2.45, 2.75) is 19.8 Å². The molecule has 0 saturated heterocycles. The fourth-order valence-electron chi connectivity index (χ4n) is 3.10. The van der Waals surface area contributed by atoms with E-state index in [1.165, 1.54) is 7.11 Å². The maximum atomic E-state index is 12.8. The van der Waals surface area contributed by atoms with E-state index in [1.807, 2.05) is 10.9 Å².